The Morgan fingerprint density at radius 3 is 2.52 bits per heavy atom. The number of hydrogen-bond donors (Lipinski definition) is 3. The first-order chi connectivity index (χ1) is 14.6. The van der Waals surface area contributed by atoms with Gasteiger partial charge in [-0.15, -0.1) is 0 Å². The van der Waals surface area contributed by atoms with E-state index < -0.39 is 23.6 Å². The summed E-state index contributed by atoms with van der Waals surface area (Å²) in [4.78, 5) is 40.1. The van der Waals surface area contributed by atoms with E-state index in [2.05, 4.69) is 10.3 Å². The van der Waals surface area contributed by atoms with E-state index in [1.165, 1.54) is 0 Å². The number of amides is 2. The van der Waals surface area contributed by atoms with Gasteiger partial charge in [-0.1, -0.05) is 41.9 Å². The predicted molar refractivity (Wildman–Crippen MR) is 119 cm³/mol. The molecule has 2 aromatic carbocycles. The van der Waals surface area contributed by atoms with E-state index in [1.54, 1.807) is 38.1 Å². The lowest BCUT2D eigenvalue weighted by Gasteiger charge is -2.26. The molecule has 4 N–H and O–H groups in total. The summed E-state index contributed by atoms with van der Waals surface area (Å²) in [7, 11) is 0. The van der Waals surface area contributed by atoms with Gasteiger partial charge in [-0.05, 0) is 50.1 Å². The smallest absolute Gasteiger partial charge is 0.405 e. The summed E-state index contributed by atoms with van der Waals surface area (Å²) in [5, 5.41) is 4.16. The average molecular weight is 442 g/mol. The Hall–Kier alpha value is -3.32. The number of aromatic amines is 1. The third kappa shape index (κ3) is 6.08. The van der Waals surface area contributed by atoms with Crippen molar-refractivity contribution in [1.29, 1.82) is 0 Å². The van der Waals surface area contributed by atoms with Crippen molar-refractivity contribution in [1.82, 2.24) is 10.3 Å². The third-order valence-electron chi connectivity index (χ3n) is 4.78. The molecular weight excluding hydrogens is 418 g/mol. The van der Waals surface area contributed by atoms with Crippen LogP contribution in [-0.4, -0.2) is 34.4 Å². The van der Waals surface area contributed by atoms with Gasteiger partial charge >= 0.3 is 6.09 Å². The van der Waals surface area contributed by atoms with Crippen LogP contribution < -0.4 is 11.1 Å². The van der Waals surface area contributed by atoms with Crippen LogP contribution in [-0.2, 0) is 16.0 Å². The fraction of sp³-hybridized carbons (Fsp3) is 0.261. The largest absolute Gasteiger partial charge is 0.443 e. The summed E-state index contributed by atoms with van der Waals surface area (Å²) < 4.78 is 5.04. The molecule has 0 saturated heterocycles. The van der Waals surface area contributed by atoms with Crippen LogP contribution in [0.3, 0.4) is 0 Å². The van der Waals surface area contributed by atoms with E-state index in [0.717, 1.165) is 16.5 Å². The minimum atomic E-state index is -1.10. The lowest BCUT2D eigenvalue weighted by molar-refractivity contribution is -0.124. The molecule has 31 heavy (non-hydrogen) atoms. The van der Waals surface area contributed by atoms with Gasteiger partial charge in [-0.3, -0.25) is 9.59 Å². The maximum atomic E-state index is 13.1. The van der Waals surface area contributed by atoms with Crippen molar-refractivity contribution in [2.75, 3.05) is 0 Å². The van der Waals surface area contributed by atoms with Gasteiger partial charge in [0.25, 0.3) is 5.91 Å². The number of halogens is 1. The van der Waals surface area contributed by atoms with E-state index in [9.17, 15) is 14.4 Å². The van der Waals surface area contributed by atoms with Crippen LogP contribution in [0.1, 0.15) is 36.3 Å². The molecular formula is C23H24ClN3O4. The Morgan fingerprint density at radius 2 is 1.84 bits per heavy atom. The van der Waals surface area contributed by atoms with E-state index >= 15 is 0 Å². The summed E-state index contributed by atoms with van der Waals surface area (Å²) in [5.41, 5.74) is 5.97. The number of carbonyl (C=O) groups excluding carboxylic acids is 3. The van der Waals surface area contributed by atoms with Crippen LogP contribution >= 0.6 is 11.6 Å². The topological polar surface area (TPSA) is 114 Å². The molecule has 3 aromatic rings. The SMILES string of the molecule is CC(C)(CC(=O)C(Cc1ccccc1)NC(=O)c1cc2cc(Cl)ccc2[nH]1)OC(N)=O. The molecule has 0 saturated carbocycles. The van der Waals surface area contributed by atoms with Crippen LogP contribution in [0.25, 0.3) is 10.9 Å². The zero-order valence-corrected chi connectivity index (χ0v) is 18.0. The zero-order valence-electron chi connectivity index (χ0n) is 17.3. The molecule has 1 unspecified atom stereocenters. The molecule has 0 fully saturated rings. The summed E-state index contributed by atoms with van der Waals surface area (Å²) in [5.74, 6) is -0.696. The van der Waals surface area contributed by atoms with Crippen molar-refractivity contribution in [3.63, 3.8) is 0 Å². The number of nitrogens with two attached hydrogens (primary N) is 1. The molecule has 1 atom stereocenters. The Morgan fingerprint density at radius 1 is 1.13 bits per heavy atom. The number of nitrogens with one attached hydrogen (secondary N) is 2. The average Bonchev–Trinajstić information content (AvgIpc) is 3.10. The fourth-order valence-electron chi connectivity index (χ4n) is 3.41. The molecule has 7 nitrogen and oxygen atoms in total. The standard InChI is InChI=1S/C23H24ClN3O4/c1-23(2,31-22(25)30)13-20(28)18(10-14-6-4-3-5-7-14)27-21(29)19-12-15-11-16(24)8-9-17(15)26-19/h3-9,11-12,18,26H,10,13H2,1-2H3,(H2,25,30)(H,27,29). The van der Waals surface area contributed by atoms with Crippen molar-refractivity contribution >= 4 is 40.3 Å². The van der Waals surface area contributed by atoms with E-state index in [4.69, 9.17) is 22.1 Å². The number of primary amides is 1. The number of hydrogen-bond acceptors (Lipinski definition) is 4. The molecule has 1 heterocycles. The van der Waals surface area contributed by atoms with Crippen molar-refractivity contribution in [3.8, 4) is 0 Å². The lowest BCUT2D eigenvalue weighted by Crippen LogP contribution is -2.45. The Balaban J connectivity index is 1.81. The summed E-state index contributed by atoms with van der Waals surface area (Å²) >= 11 is 6.02. The summed E-state index contributed by atoms with van der Waals surface area (Å²) in [6.07, 6.45) is -0.765. The third-order valence-corrected chi connectivity index (χ3v) is 5.02. The number of H-pyrrole nitrogens is 1. The number of ether oxygens (including phenoxy) is 1. The normalized spacial score (nSPS) is 12.4. The molecule has 0 aliphatic carbocycles. The molecule has 0 bridgehead atoms. The van der Waals surface area contributed by atoms with Crippen LogP contribution in [0.2, 0.25) is 5.02 Å². The minimum Gasteiger partial charge on any atom is -0.443 e. The van der Waals surface area contributed by atoms with E-state index in [1.807, 2.05) is 30.3 Å². The van der Waals surface area contributed by atoms with Gasteiger partial charge in [0.2, 0.25) is 0 Å². The van der Waals surface area contributed by atoms with Crippen LogP contribution in [0.4, 0.5) is 4.79 Å². The number of rotatable bonds is 8. The highest BCUT2D eigenvalue weighted by molar-refractivity contribution is 6.31. The second-order valence-corrected chi connectivity index (χ2v) is 8.39. The predicted octanol–water partition coefficient (Wildman–Crippen LogP) is 4.00. The molecule has 0 aliphatic rings. The van der Waals surface area contributed by atoms with Crippen molar-refractivity contribution in [3.05, 3.63) is 70.9 Å². The van der Waals surface area contributed by atoms with E-state index in [0.29, 0.717) is 17.1 Å². The maximum Gasteiger partial charge on any atom is 0.405 e. The maximum absolute atomic E-state index is 13.1. The minimum absolute atomic E-state index is 0.101. The van der Waals surface area contributed by atoms with Gasteiger partial charge in [0, 0.05) is 22.3 Å². The first-order valence-corrected chi connectivity index (χ1v) is 10.1. The second kappa shape index (κ2) is 9.22. The Kier molecular flexibility index (Phi) is 6.65. The fourth-order valence-corrected chi connectivity index (χ4v) is 3.59. The lowest BCUT2D eigenvalue weighted by atomic mass is 9.93. The molecule has 0 radical (unpaired) electrons. The highest BCUT2D eigenvalue weighted by Gasteiger charge is 2.31. The molecule has 0 spiro atoms. The van der Waals surface area contributed by atoms with Crippen LogP contribution in [0, 0.1) is 0 Å². The van der Waals surface area contributed by atoms with Gasteiger partial charge in [0.15, 0.2) is 5.78 Å². The van der Waals surface area contributed by atoms with Crippen LogP contribution in [0.5, 0.6) is 0 Å². The summed E-state index contributed by atoms with van der Waals surface area (Å²) in [6.45, 7) is 3.19. The first-order valence-electron chi connectivity index (χ1n) is 9.77. The number of fused-ring (bicyclic) bond motifs is 1. The first kappa shape index (κ1) is 22.4. The zero-order chi connectivity index (χ0) is 22.6. The van der Waals surface area contributed by atoms with Gasteiger partial charge < -0.3 is 20.8 Å². The quantitative estimate of drug-likeness (QED) is 0.490. The number of Topliss-reactive ketones (excluding diaryl/α,β-unsaturated/α-hetero) is 1. The van der Waals surface area contributed by atoms with E-state index in [-0.39, 0.29) is 12.2 Å². The second-order valence-electron chi connectivity index (χ2n) is 7.95. The van der Waals surface area contributed by atoms with Crippen molar-refractivity contribution in [2.45, 2.75) is 38.3 Å². The molecule has 3 rings (SSSR count). The number of benzene rings is 2. The highest BCUT2D eigenvalue weighted by atomic mass is 35.5. The highest BCUT2D eigenvalue weighted by Crippen LogP contribution is 2.21. The Labute approximate surface area is 184 Å². The number of carbonyl (C=O) groups is 3. The van der Waals surface area contributed by atoms with Gasteiger partial charge in [0.1, 0.15) is 11.3 Å². The van der Waals surface area contributed by atoms with Gasteiger partial charge in [-0.2, -0.15) is 0 Å². The van der Waals surface area contributed by atoms with Crippen molar-refractivity contribution in [2.24, 2.45) is 5.73 Å². The monoisotopic (exact) mass is 441 g/mol. The molecule has 162 valence electrons. The van der Waals surface area contributed by atoms with Crippen molar-refractivity contribution < 1.29 is 19.1 Å². The van der Waals surface area contributed by atoms with Gasteiger partial charge in [0.05, 0.1) is 6.04 Å². The summed E-state index contributed by atoms with van der Waals surface area (Å²) in [6, 6.07) is 15.5. The van der Waals surface area contributed by atoms with Gasteiger partial charge in [-0.25, -0.2) is 4.79 Å². The number of ketones is 1. The molecule has 8 heteroatoms. The molecule has 2 amide bonds. The molecule has 0 aliphatic heterocycles. The molecule has 1 aromatic heterocycles. The number of aromatic nitrogens is 1. The van der Waals surface area contributed by atoms with Crippen LogP contribution in [0.15, 0.2) is 54.6 Å². The Bertz CT molecular complexity index is 1110.